The summed E-state index contributed by atoms with van der Waals surface area (Å²) in [7, 11) is 0. The third-order valence-corrected chi connectivity index (χ3v) is 6.05. The van der Waals surface area contributed by atoms with Gasteiger partial charge in [-0.15, -0.1) is 11.3 Å². The van der Waals surface area contributed by atoms with Crippen molar-refractivity contribution in [3.63, 3.8) is 0 Å². The number of benzene rings is 1. The Morgan fingerprint density at radius 1 is 1.14 bits per heavy atom. The van der Waals surface area contributed by atoms with Crippen LogP contribution in [0, 0.1) is 0 Å². The van der Waals surface area contributed by atoms with Gasteiger partial charge in [-0.3, -0.25) is 0 Å². The Morgan fingerprint density at radius 2 is 2.03 bits per heavy atom. The number of hydrogen-bond acceptors (Lipinski definition) is 7. The van der Waals surface area contributed by atoms with Crippen molar-refractivity contribution in [2.24, 2.45) is 4.99 Å². The number of anilines is 2. The van der Waals surface area contributed by atoms with Crippen LogP contribution >= 0.6 is 11.3 Å². The molecule has 2 aliphatic rings. The molecule has 6 nitrogen and oxygen atoms in total. The van der Waals surface area contributed by atoms with Crippen LogP contribution < -0.4 is 10.6 Å². The molecule has 3 heterocycles. The van der Waals surface area contributed by atoms with E-state index in [0.717, 1.165) is 34.7 Å². The van der Waals surface area contributed by atoms with Gasteiger partial charge >= 0.3 is 0 Å². The highest BCUT2D eigenvalue weighted by atomic mass is 32.1. The van der Waals surface area contributed by atoms with Gasteiger partial charge in [-0.25, -0.2) is 15.0 Å². The fourth-order valence-corrected chi connectivity index (χ4v) is 4.32. The van der Waals surface area contributed by atoms with Crippen LogP contribution in [-0.4, -0.2) is 34.2 Å². The fourth-order valence-electron chi connectivity index (χ4n) is 3.51. The molecule has 0 saturated carbocycles. The molecule has 0 spiro atoms. The topological polar surface area (TPSA) is 71.4 Å². The van der Waals surface area contributed by atoms with E-state index >= 15 is 0 Å². The maximum atomic E-state index is 5.92. The highest BCUT2D eigenvalue weighted by Gasteiger charge is 2.39. The number of aliphatic imine (C=N–C) groups is 1. The van der Waals surface area contributed by atoms with Gasteiger partial charge < -0.3 is 15.4 Å². The zero-order chi connectivity index (χ0) is 19.7. The molecule has 2 atom stereocenters. The van der Waals surface area contributed by atoms with Crippen LogP contribution in [0.1, 0.15) is 12.5 Å². The largest absolute Gasteiger partial charge is 0.455 e. The van der Waals surface area contributed by atoms with E-state index in [2.05, 4.69) is 62.9 Å². The Balaban J connectivity index is 1.18. The van der Waals surface area contributed by atoms with Gasteiger partial charge in [0.2, 0.25) is 0 Å². The minimum absolute atomic E-state index is 0.0445. The summed E-state index contributed by atoms with van der Waals surface area (Å²) in [6.45, 7) is 2.88. The van der Waals surface area contributed by atoms with E-state index in [9.17, 15) is 0 Å². The van der Waals surface area contributed by atoms with Crippen molar-refractivity contribution in [2.75, 3.05) is 17.2 Å². The number of rotatable bonds is 5. The molecule has 2 aromatic heterocycles. The number of thiophene rings is 1. The predicted octanol–water partition coefficient (Wildman–Crippen LogP) is 4.40. The van der Waals surface area contributed by atoms with Gasteiger partial charge in [0, 0.05) is 12.2 Å². The number of ether oxygens (including phenoxy) is 1. The van der Waals surface area contributed by atoms with E-state index in [-0.39, 0.29) is 11.6 Å². The Hall–Kier alpha value is -3.19. The molecule has 1 aromatic carbocycles. The molecular weight excluding hydrogens is 382 g/mol. The Kier molecular flexibility index (Phi) is 4.52. The molecule has 2 N–H and O–H groups in total. The summed E-state index contributed by atoms with van der Waals surface area (Å²) in [5.41, 5.74) is 2.88. The molecule has 5 rings (SSSR count). The van der Waals surface area contributed by atoms with Crippen molar-refractivity contribution in [2.45, 2.75) is 25.0 Å². The third kappa shape index (κ3) is 3.61. The number of amidine groups is 1. The lowest BCUT2D eigenvalue weighted by molar-refractivity contribution is 0.215. The van der Waals surface area contributed by atoms with Crippen LogP contribution in [0.25, 0.3) is 10.2 Å². The van der Waals surface area contributed by atoms with Gasteiger partial charge in [-0.2, -0.15) is 0 Å². The molecule has 1 aliphatic carbocycles. The van der Waals surface area contributed by atoms with Crippen molar-refractivity contribution in [1.82, 2.24) is 9.97 Å². The molecule has 0 saturated heterocycles. The van der Waals surface area contributed by atoms with Crippen LogP contribution in [0.2, 0.25) is 0 Å². The van der Waals surface area contributed by atoms with Crippen LogP contribution in [0.15, 0.2) is 71.3 Å². The summed E-state index contributed by atoms with van der Waals surface area (Å²) in [5, 5.41) is 8.74. The highest BCUT2D eigenvalue weighted by Crippen LogP contribution is 2.31. The summed E-state index contributed by atoms with van der Waals surface area (Å²) < 4.78 is 7.02. The van der Waals surface area contributed by atoms with Gasteiger partial charge in [-0.1, -0.05) is 30.4 Å². The van der Waals surface area contributed by atoms with Crippen molar-refractivity contribution in [3.05, 3.63) is 71.9 Å². The van der Waals surface area contributed by atoms with Crippen LogP contribution in [0.4, 0.5) is 11.5 Å². The second-order valence-electron chi connectivity index (χ2n) is 7.28. The monoisotopic (exact) mass is 403 g/mol. The molecular formula is C22H21N5OS. The fraction of sp³-hybridized carbons (Fsp3) is 0.227. The zero-order valence-electron chi connectivity index (χ0n) is 16.0. The van der Waals surface area contributed by atoms with Crippen molar-refractivity contribution >= 4 is 39.1 Å². The number of nitrogens with one attached hydrogen (secondary N) is 2. The van der Waals surface area contributed by atoms with E-state index in [4.69, 9.17) is 4.74 Å². The molecule has 0 bridgehead atoms. The molecule has 0 fully saturated rings. The number of fused-ring (bicyclic) bond motifs is 2. The van der Waals surface area contributed by atoms with Crippen LogP contribution in [0.5, 0.6) is 0 Å². The van der Waals surface area contributed by atoms with Gasteiger partial charge in [0.25, 0.3) is 6.02 Å². The first-order chi connectivity index (χ1) is 14.2. The average Bonchev–Trinajstić information content (AvgIpc) is 3.33. The minimum atomic E-state index is -0.322. The van der Waals surface area contributed by atoms with Crippen LogP contribution in [0.3, 0.4) is 0 Å². The summed E-state index contributed by atoms with van der Waals surface area (Å²) in [4.78, 5) is 13.3. The SMILES string of the molecule is C[C@@]12C=CC=CC1OC(Nc1ccc(CCNc3ncnc4ccsc34)cc1)=N2. The molecule has 146 valence electrons. The number of allylic oxidation sites excluding steroid dienone is 2. The lowest BCUT2D eigenvalue weighted by atomic mass is 9.92. The molecule has 0 amide bonds. The molecule has 0 radical (unpaired) electrons. The molecule has 7 heteroatoms. The Labute approximate surface area is 173 Å². The zero-order valence-corrected chi connectivity index (χ0v) is 16.8. The first-order valence-electron chi connectivity index (χ1n) is 9.60. The van der Waals surface area contributed by atoms with Gasteiger partial charge in [-0.05, 0) is 48.6 Å². The normalized spacial score (nSPS) is 22.2. The molecule has 3 aromatic rings. The van der Waals surface area contributed by atoms with Crippen LogP contribution in [-0.2, 0) is 11.2 Å². The average molecular weight is 404 g/mol. The van der Waals surface area contributed by atoms with Gasteiger partial charge in [0.15, 0.2) is 0 Å². The second kappa shape index (κ2) is 7.33. The molecule has 29 heavy (non-hydrogen) atoms. The molecule has 1 unspecified atom stereocenters. The summed E-state index contributed by atoms with van der Waals surface area (Å²) in [6, 6.07) is 10.9. The lowest BCUT2D eigenvalue weighted by Gasteiger charge is -2.23. The van der Waals surface area contributed by atoms with Gasteiger partial charge in [0.05, 0.1) is 10.2 Å². The summed E-state index contributed by atoms with van der Waals surface area (Å²) in [6.07, 6.45) is 10.6. The van der Waals surface area contributed by atoms with Crippen molar-refractivity contribution < 1.29 is 4.74 Å². The number of nitrogens with zero attached hydrogens (tertiary/aromatic N) is 3. The summed E-state index contributed by atoms with van der Waals surface area (Å²) >= 11 is 1.66. The number of aromatic nitrogens is 2. The van der Waals surface area contributed by atoms with E-state index in [1.807, 2.05) is 29.7 Å². The van der Waals surface area contributed by atoms with E-state index in [1.165, 1.54) is 5.56 Å². The quantitative estimate of drug-likeness (QED) is 0.661. The maximum absolute atomic E-state index is 5.92. The first-order valence-corrected chi connectivity index (χ1v) is 10.5. The standard InChI is InChI=1S/C22H21N5OS/c1-22-11-3-2-4-18(22)28-21(27-22)26-16-7-5-15(6-8-16)9-12-23-20-19-17(10-13-29-19)24-14-25-20/h2-8,10-11,13-14,18H,9,12H2,1H3,(H,26,27)(H,23,24,25)/t18?,22-/m1/s1. The van der Waals surface area contributed by atoms with Crippen molar-refractivity contribution in [3.8, 4) is 0 Å². The van der Waals surface area contributed by atoms with E-state index in [0.29, 0.717) is 6.02 Å². The Bertz CT molecular complexity index is 1120. The highest BCUT2D eigenvalue weighted by molar-refractivity contribution is 7.17. The first kappa shape index (κ1) is 17.9. The third-order valence-electron chi connectivity index (χ3n) is 5.14. The van der Waals surface area contributed by atoms with Crippen molar-refractivity contribution in [1.29, 1.82) is 0 Å². The lowest BCUT2D eigenvalue weighted by Crippen LogP contribution is -2.32. The predicted molar refractivity (Wildman–Crippen MR) is 119 cm³/mol. The maximum Gasteiger partial charge on any atom is 0.290 e. The van der Waals surface area contributed by atoms with E-state index < -0.39 is 0 Å². The second-order valence-corrected chi connectivity index (χ2v) is 8.20. The Morgan fingerprint density at radius 3 is 2.90 bits per heavy atom. The van der Waals surface area contributed by atoms with Gasteiger partial charge in [0.1, 0.15) is 23.8 Å². The minimum Gasteiger partial charge on any atom is -0.455 e. The molecule has 1 aliphatic heterocycles. The number of hydrogen-bond donors (Lipinski definition) is 2. The summed E-state index contributed by atoms with van der Waals surface area (Å²) in [5.74, 6) is 0.901. The smallest absolute Gasteiger partial charge is 0.290 e. The van der Waals surface area contributed by atoms with E-state index in [1.54, 1.807) is 17.7 Å².